The topological polar surface area (TPSA) is 114 Å². The van der Waals surface area contributed by atoms with Crippen molar-refractivity contribution in [3.8, 4) is 0 Å². The van der Waals surface area contributed by atoms with Gasteiger partial charge in [0, 0.05) is 12.8 Å². The molecule has 0 aromatic heterocycles. The number of unbranched alkanes of at least 4 members (excludes halogenated alkanes) is 25. The second-order valence-corrected chi connectivity index (χ2v) is 21.8. The van der Waals surface area contributed by atoms with Crippen molar-refractivity contribution in [2.24, 2.45) is 0 Å². The molecular formula is C60H109N2O7P. The molecule has 0 aliphatic carbocycles. The van der Waals surface area contributed by atoms with Crippen molar-refractivity contribution < 1.29 is 37.3 Å². The number of hydrogen-bond acceptors (Lipinski definition) is 7. The minimum Gasteiger partial charge on any atom is -0.756 e. The van der Waals surface area contributed by atoms with Crippen molar-refractivity contribution in [1.29, 1.82) is 0 Å². The molecule has 0 saturated carbocycles. The molecule has 0 saturated heterocycles. The summed E-state index contributed by atoms with van der Waals surface area (Å²) in [6, 6.07) is -0.910. The van der Waals surface area contributed by atoms with Gasteiger partial charge in [-0.2, -0.15) is 0 Å². The van der Waals surface area contributed by atoms with Crippen LogP contribution in [0.1, 0.15) is 245 Å². The number of likely N-dealkylation sites (N-methyl/N-ethyl adjacent to an activating group) is 1. The van der Waals surface area contributed by atoms with Crippen LogP contribution in [0.15, 0.2) is 72.9 Å². The fraction of sp³-hybridized carbons (Fsp3) is 0.767. The number of hydrogen-bond donors (Lipinski definition) is 1. The Bertz CT molecular complexity index is 1430. The van der Waals surface area contributed by atoms with Crippen LogP contribution in [0.2, 0.25) is 0 Å². The highest BCUT2D eigenvalue weighted by Gasteiger charge is 2.27. The standard InChI is InChI=1S/C60H109N2O7P/c1-7-10-13-16-19-22-25-28-30-31-32-35-38-41-44-47-50-53-60(64)69-58(51-48-45-42-39-36-33-27-24-21-18-15-12-9-3)57(56-68-70(65,66)67-55-54-62(4,5)6)61-59(63)52-49-46-43-40-37-34-29-26-23-20-17-14-11-8-2/h10,13,19,22,28,30,32,35,41,44,48,51,57-58H,7-9,11-12,14-18,20-21,23-27,29,31,33-34,36-40,42-43,45-47,49-50,52-56H2,1-6H3,(H-,61,63,65,66)/b13-10-,22-19-,30-28-,35-32-,44-41-,51-48+. The van der Waals surface area contributed by atoms with E-state index in [0.29, 0.717) is 23.9 Å². The third kappa shape index (κ3) is 50.4. The normalized spacial score (nSPS) is 14.3. The van der Waals surface area contributed by atoms with E-state index >= 15 is 0 Å². The molecule has 0 bridgehead atoms. The van der Waals surface area contributed by atoms with Crippen LogP contribution in [0.4, 0.5) is 0 Å². The molecule has 70 heavy (non-hydrogen) atoms. The number of rotatable bonds is 51. The molecule has 0 heterocycles. The average Bonchev–Trinajstić information content (AvgIpc) is 3.32. The van der Waals surface area contributed by atoms with Crippen LogP contribution in [-0.4, -0.2) is 69.4 Å². The summed E-state index contributed by atoms with van der Waals surface area (Å²) >= 11 is 0. The second kappa shape index (κ2) is 50.0. The number of nitrogens with one attached hydrogen (secondary N) is 1. The Kier molecular flexibility index (Phi) is 48.2. The fourth-order valence-corrected chi connectivity index (χ4v) is 8.69. The Morgan fingerprint density at radius 2 is 0.929 bits per heavy atom. The van der Waals surface area contributed by atoms with E-state index in [4.69, 9.17) is 13.8 Å². The first-order valence-electron chi connectivity index (χ1n) is 28.7. The molecule has 10 heteroatoms. The monoisotopic (exact) mass is 1000 g/mol. The van der Waals surface area contributed by atoms with Crippen molar-refractivity contribution in [2.75, 3.05) is 40.9 Å². The summed E-state index contributed by atoms with van der Waals surface area (Å²) in [5.41, 5.74) is 0. The van der Waals surface area contributed by atoms with Gasteiger partial charge in [0.15, 0.2) is 0 Å². The Morgan fingerprint density at radius 1 is 0.514 bits per heavy atom. The highest BCUT2D eigenvalue weighted by Crippen LogP contribution is 2.38. The van der Waals surface area contributed by atoms with Gasteiger partial charge in [-0.05, 0) is 70.3 Å². The van der Waals surface area contributed by atoms with E-state index < -0.39 is 32.5 Å². The fourth-order valence-electron chi connectivity index (χ4n) is 7.97. The van der Waals surface area contributed by atoms with Crippen molar-refractivity contribution in [3.05, 3.63) is 72.9 Å². The highest BCUT2D eigenvalue weighted by atomic mass is 31.2. The molecule has 0 aromatic rings. The summed E-state index contributed by atoms with van der Waals surface area (Å²) < 4.78 is 30.2. The zero-order valence-electron chi connectivity index (χ0n) is 46.2. The minimum atomic E-state index is -4.71. The number of amides is 1. The SMILES string of the molecule is CC/C=C\C/C=C\C/C=C\C/C=C\C/C=C\CCCC(=O)OC(/C=C/CCCCCCCCCCCCC)C(COP(=O)([O-])OCC[N+](C)(C)C)NC(=O)CCCCCCCCCCCCCCCC. The van der Waals surface area contributed by atoms with Gasteiger partial charge in [0.25, 0.3) is 7.82 Å². The van der Waals surface area contributed by atoms with E-state index in [1.165, 1.54) is 128 Å². The van der Waals surface area contributed by atoms with E-state index in [1.54, 1.807) is 0 Å². The molecule has 0 aliphatic heterocycles. The number of esters is 1. The van der Waals surface area contributed by atoms with E-state index in [2.05, 4.69) is 86.8 Å². The maximum atomic E-state index is 13.5. The molecule has 3 unspecified atom stereocenters. The number of nitrogens with zero attached hydrogens (tertiary/aromatic N) is 1. The molecule has 3 atom stereocenters. The maximum absolute atomic E-state index is 13.5. The molecule has 1 N–H and O–H groups in total. The number of phosphoric acid groups is 1. The summed E-state index contributed by atoms with van der Waals surface area (Å²) in [5.74, 6) is -0.607. The zero-order chi connectivity index (χ0) is 51.5. The first-order chi connectivity index (χ1) is 33.9. The van der Waals surface area contributed by atoms with Gasteiger partial charge in [-0.1, -0.05) is 235 Å². The Balaban J connectivity index is 5.46. The van der Waals surface area contributed by atoms with Gasteiger partial charge < -0.3 is 28.5 Å². The Hall–Kier alpha value is -2.55. The van der Waals surface area contributed by atoms with E-state index in [1.807, 2.05) is 33.3 Å². The summed E-state index contributed by atoms with van der Waals surface area (Å²) in [6.07, 6.45) is 63.0. The van der Waals surface area contributed by atoms with Gasteiger partial charge in [0.1, 0.15) is 19.3 Å². The van der Waals surface area contributed by atoms with Crippen molar-refractivity contribution in [1.82, 2.24) is 5.32 Å². The molecule has 0 fully saturated rings. The van der Waals surface area contributed by atoms with Gasteiger partial charge in [-0.3, -0.25) is 14.2 Å². The predicted molar refractivity (Wildman–Crippen MR) is 298 cm³/mol. The molecule has 0 radical (unpaired) electrons. The van der Waals surface area contributed by atoms with Crippen LogP contribution < -0.4 is 10.2 Å². The highest BCUT2D eigenvalue weighted by molar-refractivity contribution is 7.45. The summed E-state index contributed by atoms with van der Waals surface area (Å²) in [6.45, 7) is 6.69. The van der Waals surface area contributed by atoms with Crippen molar-refractivity contribution in [3.63, 3.8) is 0 Å². The van der Waals surface area contributed by atoms with Crippen LogP contribution in [0.5, 0.6) is 0 Å². The summed E-state index contributed by atoms with van der Waals surface area (Å²) in [4.78, 5) is 39.8. The van der Waals surface area contributed by atoms with E-state index in [9.17, 15) is 19.0 Å². The van der Waals surface area contributed by atoms with Gasteiger partial charge in [0.05, 0.1) is 33.8 Å². The number of carbonyl (C=O) groups is 2. The van der Waals surface area contributed by atoms with Gasteiger partial charge in [-0.25, -0.2) is 0 Å². The molecule has 0 aliphatic rings. The Labute approximate surface area is 432 Å². The van der Waals surface area contributed by atoms with Gasteiger partial charge >= 0.3 is 5.97 Å². The molecular weight excluding hydrogens is 892 g/mol. The number of ether oxygens (including phenoxy) is 1. The third-order valence-electron chi connectivity index (χ3n) is 12.4. The van der Waals surface area contributed by atoms with Crippen LogP contribution in [0.25, 0.3) is 0 Å². The minimum absolute atomic E-state index is 0.0321. The van der Waals surface area contributed by atoms with Gasteiger partial charge in [0.2, 0.25) is 5.91 Å². The van der Waals surface area contributed by atoms with Crippen molar-refractivity contribution >= 4 is 19.7 Å². The average molecular weight is 1000 g/mol. The number of allylic oxidation sites excluding steroid dienone is 11. The number of carbonyl (C=O) groups excluding carboxylic acids is 2. The Morgan fingerprint density at radius 3 is 1.39 bits per heavy atom. The molecule has 0 rings (SSSR count). The lowest BCUT2D eigenvalue weighted by Gasteiger charge is -2.30. The third-order valence-corrected chi connectivity index (χ3v) is 13.4. The van der Waals surface area contributed by atoms with Crippen LogP contribution in [0, 0.1) is 0 Å². The molecule has 406 valence electrons. The lowest BCUT2D eigenvalue weighted by atomic mass is 10.0. The second-order valence-electron chi connectivity index (χ2n) is 20.4. The van der Waals surface area contributed by atoms with E-state index in [0.717, 1.165) is 77.0 Å². The first-order valence-corrected chi connectivity index (χ1v) is 30.2. The lowest BCUT2D eigenvalue weighted by molar-refractivity contribution is -0.870. The van der Waals surface area contributed by atoms with Crippen LogP contribution in [-0.2, 0) is 27.9 Å². The number of quaternary nitrogens is 1. The van der Waals surface area contributed by atoms with E-state index in [-0.39, 0.29) is 18.9 Å². The first kappa shape index (κ1) is 67.5. The van der Waals surface area contributed by atoms with Crippen LogP contribution in [0.3, 0.4) is 0 Å². The smallest absolute Gasteiger partial charge is 0.306 e. The predicted octanol–water partition coefficient (Wildman–Crippen LogP) is 16.6. The maximum Gasteiger partial charge on any atom is 0.306 e. The zero-order valence-corrected chi connectivity index (χ0v) is 47.1. The molecule has 0 aromatic carbocycles. The van der Waals surface area contributed by atoms with Gasteiger partial charge in [-0.15, -0.1) is 0 Å². The van der Waals surface area contributed by atoms with Crippen molar-refractivity contribution in [2.45, 2.75) is 258 Å². The largest absolute Gasteiger partial charge is 0.756 e. The molecule has 1 amide bonds. The molecule has 0 spiro atoms. The quantitative estimate of drug-likeness (QED) is 0.0212. The van der Waals surface area contributed by atoms with Crippen LogP contribution >= 0.6 is 7.82 Å². The summed E-state index contributed by atoms with van der Waals surface area (Å²) in [7, 11) is 1.15. The lowest BCUT2D eigenvalue weighted by Crippen LogP contribution is -2.47. The number of phosphoric ester groups is 1. The summed E-state index contributed by atoms with van der Waals surface area (Å²) in [5, 5.41) is 3.01. The molecule has 9 nitrogen and oxygen atoms in total.